The minimum absolute atomic E-state index is 0.0433. The van der Waals surface area contributed by atoms with Crippen molar-refractivity contribution in [1.29, 1.82) is 0 Å². The van der Waals surface area contributed by atoms with E-state index in [9.17, 15) is 4.79 Å². The standard InChI is InChI=1S/C15H17N3O2/c1-10-13-8-18(11(2)14(13)17-16-10)15(19)20-9-12-6-4-3-5-7-12/h3-7,11H,8-9H2,1-2H3,(H,16,17)/t11-/m0/s1. The van der Waals surface area contributed by atoms with Crippen molar-refractivity contribution in [2.24, 2.45) is 0 Å². The SMILES string of the molecule is Cc1[nH]nc2c1CN(C(=O)OCc1ccccc1)[C@H]2C. The Morgan fingerprint density at radius 2 is 2.20 bits per heavy atom. The van der Waals surface area contributed by atoms with E-state index in [0.29, 0.717) is 13.2 Å². The van der Waals surface area contributed by atoms with E-state index >= 15 is 0 Å². The van der Waals surface area contributed by atoms with Crippen molar-refractivity contribution in [2.75, 3.05) is 0 Å². The summed E-state index contributed by atoms with van der Waals surface area (Å²) in [6.07, 6.45) is -0.293. The molecule has 20 heavy (non-hydrogen) atoms. The molecule has 0 radical (unpaired) electrons. The number of ether oxygens (including phenoxy) is 1. The zero-order valence-corrected chi connectivity index (χ0v) is 11.6. The zero-order valence-electron chi connectivity index (χ0n) is 11.6. The van der Waals surface area contributed by atoms with Crippen LogP contribution in [0.5, 0.6) is 0 Å². The van der Waals surface area contributed by atoms with Crippen molar-refractivity contribution in [2.45, 2.75) is 33.0 Å². The molecule has 0 saturated carbocycles. The predicted octanol–water partition coefficient (Wildman–Crippen LogP) is 2.93. The van der Waals surface area contributed by atoms with Crippen LogP contribution in [-0.2, 0) is 17.9 Å². The summed E-state index contributed by atoms with van der Waals surface area (Å²) in [5.74, 6) is 0. The van der Waals surface area contributed by atoms with Crippen molar-refractivity contribution >= 4 is 6.09 Å². The van der Waals surface area contributed by atoms with Crippen LogP contribution in [0.3, 0.4) is 0 Å². The highest BCUT2D eigenvalue weighted by Gasteiger charge is 2.34. The predicted molar refractivity (Wildman–Crippen MR) is 73.9 cm³/mol. The average Bonchev–Trinajstić information content (AvgIpc) is 2.99. The number of benzene rings is 1. The van der Waals surface area contributed by atoms with Gasteiger partial charge in [-0.2, -0.15) is 5.10 Å². The topological polar surface area (TPSA) is 58.2 Å². The van der Waals surface area contributed by atoms with E-state index in [1.807, 2.05) is 44.2 Å². The Labute approximate surface area is 117 Å². The summed E-state index contributed by atoms with van der Waals surface area (Å²) in [6.45, 7) is 4.80. The molecule has 1 aliphatic rings. The summed E-state index contributed by atoms with van der Waals surface area (Å²) < 4.78 is 5.37. The fourth-order valence-corrected chi connectivity index (χ4v) is 2.50. The number of hydrogen-bond donors (Lipinski definition) is 1. The van der Waals surface area contributed by atoms with Gasteiger partial charge in [-0.3, -0.25) is 10.00 Å². The van der Waals surface area contributed by atoms with Gasteiger partial charge in [0.25, 0.3) is 0 Å². The van der Waals surface area contributed by atoms with Gasteiger partial charge < -0.3 is 4.74 Å². The van der Waals surface area contributed by atoms with E-state index in [4.69, 9.17) is 4.74 Å². The van der Waals surface area contributed by atoms with Crippen molar-refractivity contribution in [3.63, 3.8) is 0 Å². The summed E-state index contributed by atoms with van der Waals surface area (Å²) in [5, 5.41) is 7.21. The second-order valence-electron chi connectivity index (χ2n) is 5.06. The fourth-order valence-electron chi connectivity index (χ4n) is 2.50. The van der Waals surface area contributed by atoms with Gasteiger partial charge in [-0.1, -0.05) is 30.3 Å². The molecule has 1 atom stereocenters. The molecule has 1 amide bonds. The van der Waals surface area contributed by atoms with E-state index in [2.05, 4.69) is 10.2 Å². The zero-order chi connectivity index (χ0) is 14.1. The van der Waals surface area contributed by atoms with Crippen LogP contribution in [0.15, 0.2) is 30.3 Å². The number of nitrogens with zero attached hydrogens (tertiary/aromatic N) is 2. The molecule has 3 rings (SSSR count). The first kappa shape index (κ1) is 12.7. The number of hydrogen-bond acceptors (Lipinski definition) is 3. The molecule has 0 fully saturated rings. The van der Waals surface area contributed by atoms with Gasteiger partial charge in [-0.25, -0.2) is 4.79 Å². The molecule has 1 aromatic heterocycles. The highest BCUT2D eigenvalue weighted by Crippen LogP contribution is 2.33. The number of fused-ring (bicyclic) bond motifs is 1. The number of amides is 1. The average molecular weight is 271 g/mol. The Morgan fingerprint density at radius 1 is 1.45 bits per heavy atom. The van der Waals surface area contributed by atoms with Crippen LogP contribution in [0.2, 0.25) is 0 Å². The number of rotatable bonds is 2. The largest absolute Gasteiger partial charge is 0.445 e. The summed E-state index contributed by atoms with van der Waals surface area (Å²) in [6, 6.07) is 9.64. The molecule has 5 heteroatoms. The highest BCUT2D eigenvalue weighted by atomic mass is 16.6. The van der Waals surface area contributed by atoms with Crippen LogP contribution in [0, 0.1) is 6.92 Å². The maximum absolute atomic E-state index is 12.2. The molecule has 1 N–H and O–H groups in total. The first-order chi connectivity index (χ1) is 9.66. The molecule has 5 nitrogen and oxygen atoms in total. The van der Waals surface area contributed by atoms with Crippen molar-refractivity contribution in [1.82, 2.24) is 15.1 Å². The van der Waals surface area contributed by atoms with Crippen LogP contribution >= 0.6 is 0 Å². The van der Waals surface area contributed by atoms with Crippen LogP contribution in [0.25, 0.3) is 0 Å². The van der Waals surface area contributed by atoms with Gasteiger partial charge in [0.2, 0.25) is 0 Å². The normalized spacial score (nSPS) is 17.1. The number of H-pyrrole nitrogens is 1. The van der Waals surface area contributed by atoms with Crippen molar-refractivity contribution in [3.05, 3.63) is 52.8 Å². The summed E-state index contributed by atoms with van der Waals surface area (Å²) in [5.41, 5.74) is 4.06. The van der Waals surface area contributed by atoms with Gasteiger partial charge in [0.05, 0.1) is 18.3 Å². The Kier molecular flexibility index (Phi) is 3.18. The third-order valence-electron chi connectivity index (χ3n) is 3.74. The van der Waals surface area contributed by atoms with Crippen LogP contribution in [0.1, 0.15) is 35.5 Å². The van der Waals surface area contributed by atoms with E-state index in [1.54, 1.807) is 4.90 Å². The number of aromatic amines is 1. The van der Waals surface area contributed by atoms with Crippen LogP contribution in [0.4, 0.5) is 4.79 Å². The second-order valence-corrected chi connectivity index (χ2v) is 5.06. The highest BCUT2D eigenvalue weighted by molar-refractivity contribution is 5.69. The maximum Gasteiger partial charge on any atom is 0.410 e. The van der Waals surface area contributed by atoms with E-state index < -0.39 is 0 Å². The third-order valence-corrected chi connectivity index (χ3v) is 3.74. The Hall–Kier alpha value is -2.30. The van der Waals surface area contributed by atoms with Gasteiger partial charge in [0.1, 0.15) is 6.61 Å². The molecule has 0 saturated heterocycles. The van der Waals surface area contributed by atoms with Gasteiger partial charge >= 0.3 is 6.09 Å². The summed E-state index contributed by atoms with van der Waals surface area (Å²) >= 11 is 0. The van der Waals surface area contributed by atoms with Crippen molar-refractivity contribution < 1.29 is 9.53 Å². The fraction of sp³-hybridized carbons (Fsp3) is 0.333. The van der Waals surface area contributed by atoms with Gasteiger partial charge in [-0.05, 0) is 19.4 Å². The minimum Gasteiger partial charge on any atom is -0.445 e. The summed E-state index contributed by atoms with van der Waals surface area (Å²) in [7, 11) is 0. The molecule has 2 heterocycles. The molecule has 0 bridgehead atoms. The molecule has 2 aromatic rings. The number of carbonyl (C=O) groups is 1. The van der Waals surface area contributed by atoms with Gasteiger partial charge in [0, 0.05) is 11.3 Å². The smallest absolute Gasteiger partial charge is 0.410 e. The third kappa shape index (κ3) is 2.15. The first-order valence-corrected chi connectivity index (χ1v) is 6.68. The molecule has 0 unspecified atom stereocenters. The number of aromatic nitrogens is 2. The molecule has 104 valence electrons. The Bertz CT molecular complexity index is 621. The van der Waals surface area contributed by atoms with Crippen LogP contribution < -0.4 is 0 Å². The molecular weight excluding hydrogens is 254 g/mol. The number of aryl methyl sites for hydroxylation is 1. The minimum atomic E-state index is -0.293. The Balaban J connectivity index is 1.65. The Morgan fingerprint density at radius 3 is 2.90 bits per heavy atom. The summed E-state index contributed by atoms with van der Waals surface area (Å²) in [4.78, 5) is 13.9. The molecule has 0 spiro atoms. The quantitative estimate of drug-likeness (QED) is 0.913. The molecule has 1 aliphatic heterocycles. The maximum atomic E-state index is 12.2. The lowest BCUT2D eigenvalue weighted by molar-refractivity contribution is 0.0852. The monoisotopic (exact) mass is 271 g/mol. The van der Waals surface area contributed by atoms with Crippen molar-refractivity contribution in [3.8, 4) is 0 Å². The van der Waals surface area contributed by atoms with Gasteiger partial charge in [0.15, 0.2) is 0 Å². The first-order valence-electron chi connectivity index (χ1n) is 6.68. The lowest BCUT2D eigenvalue weighted by Gasteiger charge is -2.21. The molecular formula is C15H17N3O2. The lowest BCUT2D eigenvalue weighted by Crippen LogP contribution is -2.29. The van der Waals surface area contributed by atoms with E-state index in [-0.39, 0.29) is 12.1 Å². The second kappa shape index (κ2) is 5.00. The van der Waals surface area contributed by atoms with Crippen LogP contribution in [-0.4, -0.2) is 21.2 Å². The van der Waals surface area contributed by atoms with E-state index in [0.717, 1.165) is 22.5 Å². The lowest BCUT2D eigenvalue weighted by atomic mass is 10.2. The van der Waals surface area contributed by atoms with Gasteiger partial charge in [-0.15, -0.1) is 0 Å². The van der Waals surface area contributed by atoms with E-state index in [1.165, 1.54) is 0 Å². The number of carbonyl (C=O) groups excluding carboxylic acids is 1. The number of nitrogens with one attached hydrogen (secondary N) is 1. The molecule has 0 aliphatic carbocycles. The molecule has 1 aromatic carbocycles.